The normalized spacial score (nSPS) is 16.1. The molecule has 0 aromatic carbocycles. The number of hydrogen-bond donors (Lipinski definition) is 6. The highest BCUT2D eigenvalue weighted by molar-refractivity contribution is 4.70. The molecule has 6 nitrogen and oxygen atoms in total. The van der Waals surface area contributed by atoms with Gasteiger partial charge in [-0.25, -0.2) is 0 Å². The van der Waals surface area contributed by atoms with Gasteiger partial charge in [0.1, 0.15) is 0 Å². The highest BCUT2D eigenvalue weighted by atomic mass is 14.9. The lowest BCUT2D eigenvalue weighted by molar-refractivity contribution is 0.380. The van der Waals surface area contributed by atoms with Crippen LogP contribution in [-0.2, 0) is 0 Å². The molecule has 0 spiro atoms. The summed E-state index contributed by atoms with van der Waals surface area (Å²) in [6.07, 6.45) is 13.8. The molecule has 176 valence electrons. The van der Waals surface area contributed by atoms with Crippen molar-refractivity contribution in [3.8, 4) is 0 Å². The largest absolute Gasteiger partial charge is 0.333 e. The first-order chi connectivity index (χ1) is 13.7. The van der Waals surface area contributed by atoms with Gasteiger partial charge in [0.15, 0.2) is 0 Å². The monoisotopic (exact) mass is 406 g/mol. The molecule has 0 amide bonds. The van der Waals surface area contributed by atoms with Gasteiger partial charge in [-0.3, -0.25) is 0 Å². The van der Waals surface area contributed by atoms with Gasteiger partial charge in [-0.05, 0) is 73.5 Å². The fourth-order valence-corrected chi connectivity index (χ4v) is 2.73. The SMILES string of the molecule is CCNC.CCNC.CCNC1CCCCC1.CN.CN.NC1CCCCC1. The van der Waals surface area contributed by atoms with Gasteiger partial charge in [0.05, 0.1) is 0 Å². The Morgan fingerprint density at radius 2 is 0.929 bits per heavy atom. The zero-order valence-corrected chi connectivity index (χ0v) is 20.6. The van der Waals surface area contributed by atoms with Crippen LogP contribution in [0, 0.1) is 0 Å². The highest BCUT2D eigenvalue weighted by Gasteiger charge is 2.10. The maximum Gasteiger partial charge on any atom is 0.00669 e. The van der Waals surface area contributed by atoms with Crippen LogP contribution in [0.15, 0.2) is 0 Å². The van der Waals surface area contributed by atoms with E-state index in [1.165, 1.54) is 78.3 Å². The predicted octanol–water partition coefficient (Wildman–Crippen LogP) is 2.81. The maximum atomic E-state index is 5.63. The van der Waals surface area contributed by atoms with Gasteiger partial charge in [0.25, 0.3) is 0 Å². The van der Waals surface area contributed by atoms with E-state index in [-0.39, 0.29) is 0 Å². The molecule has 2 aliphatic rings. The van der Waals surface area contributed by atoms with Crippen molar-refractivity contribution in [3.05, 3.63) is 0 Å². The minimum absolute atomic E-state index is 0.536. The standard InChI is InChI=1S/C8H17N.C6H13N.2C3H9N.2CH5N/c1-2-9-8-6-4-3-5-7-8;7-6-4-2-1-3-5-6;2*1-3-4-2;2*1-2/h8-9H,2-7H2,1H3;6H,1-5,7H2;2*4H,3H2,1-2H3;2*2H2,1H3. The van der Waals surface area contributed by atoms with Crippen LogP contribution in [0.3, 0.4) is 0 Å². The van der Waals surface area contributed by atoms with E-state index < -0.39 is 0 Å². The van der Waals surface area contributed by atoms with E-state index >= 15 is 0 Å². The summed E-state index contributed by atoms with van der Waals surface area (Å²) in [5, 5.41) is 9.35. The molecule has 0 bridgehead atoms. The van der Waals surface area contributed by atoms with Crippen LogP contribution in [0.5, 0.6) is 0 Å². The van der Waals surface area contributed by atoms with Crippen LogP contribution in [-0.4, -0.2) is 59.9 Å². The third-order valence-corrected chi connectivity index (χ3v) is 4.45. The minimum atomic E-state index is 0.536. The molecule has 6 heteroatoms. The molecule has 9 N–H and O–H groups in total. The van der Waals surface area contributed by atoms with E-state index in [0.29, 0.717) is 6.04 Å². The second-order valence-corrected chi connectivity index (χ2v) is 6.70. The summed E-state index contributed by atoms with van der Waals surface area (Å²) >= 11 is 0. The second kappa shape index (κ2) is 37.5. The smallest absolute Gasteiger partial charge is 0.00669 e. The topological polar surface area (TPSA) is 114 Å². The molecule has 28 heavy (non-hydrogen) atoms. The van der Waals surface area contributed by atoms with Crippen molar-refractivity contribution in [2.24, 2.45) is 17.2 Å². The highest BCUT2D eigenvalue weighted by Crippen LogP contribution is 2.16. The van der Waals surface area contributed by atoms with Gasteiger partial charge >= 0.3 is 0 Å². The van der Waals surface area contributed by atoms with Gasteiger partial charge in [0.2, 0.25) is 0 Å². The molecule has 2 fully saturated rings. The fourth-order valence-electron chi connectivity index (χ4n) is 2.73. The average molecular weight is 407 g/mol. The minimum Gasteiger partial charge on any atom is -0.333 e. The Morgan fingerprint density at radius 1 is 0.607 bits per heavy atom. The lowest BCUT2D eigenvalue weighted by Gasteiger charge is -2.21. The van der Waals surface area contributed by atoms with Gasteiger partial charge in [0, 0.05) is 12.1 Å². The summed E-state index contributed by atoms with van der Waals surface area (Å²) < 4.78 is 0. The van der Waals surface area contributed by atoms with Crippen LogP contribution in [0.4, 0.5) is 0 Å². The summed E-state index contributed by atoms with van der Waals surface area (Å²) in [6, 6.07) is 1.39. The van der Waals surface area contributed by atoms with Crippen molar-refractivity contribution in [2.45, 2.75) is 97.1 Å². The third-order valence-electron chi connectivity index (χ3n) is 4.45. The summed E-state index contributed by atoms with van der Waals surface area (Å²) in [5.41, 5.74) is 14.6. The molecule has 0 aromatic heterocycles. The Bertz CT molecular complexity index is 194. The molecule has 0 saturated heterocycles. The van der Waals surface area contributed by atoms with Gasteiger partial charge in [-0.15, -0.1) is 0 Å². The molecule has 2 rings (SSSR count). The Morgan fingerprint density at radius 3 is 1.14 bits per heavy atom. The number of hydrogen-bond acceptors (Lipinski definition) is 6. The van der Waals surface area contributed by atoms with E-state index in [1.54, 1.807) is 0 Å². The van der Waals surface area contributed by atoms with Crippen molar-refractivity contribution < 1.29 is 0 Å². The summed E-state index contributed by atoms with van der Waals surface area (Å²) in [7, 11) is 6.86. The van der Waals surface area contributed by atoms with Crippen molar-refractivity contribution in [1.82, 2.24) is 16.0 Å². The van der Waals surface area contributed by atoms with Gasteiger partial charge < -0.3 is 33.2 Å². The van der Waals surface area contributed by atoms with Crippen molar-refractivity contribution in [2.75, 3.05) is 47.8 Å². The molecule has 0 aliphatic heterocycles. The molecule has 0 aromatic rings. The van der Waals surface area contributed by atoms with Crippen molar-refractivity contribution in [3.63, 3.8) is 0 Å². The quantitative estimate of drug-likeness (QED) is 0.428. The van der Waals surface area contributed by atoms with E-state index in [0.717, 1.165) is 25.7 Å². The predicted molar refractivity (Wildman–Crippen MR) is 131 cm³/mol. The average Bonchev–Trinajstić information content (AvgIpc) is 2.79. The summed E-state index contributed by atoms with van der Waals surface area (Å²) in [6.45, 7) is 9.61. The third kappa shape index (κ3) is 36.6. The van der Waals surface area contributed by atoms with Crippen LogP contribution >= 0.6 is 0 Å². The second-order valence-electron chi connectivity index (χ2n) is 6.70. The molecule has 2 aliphatic carbocycles. The van der Waals surface area contributed by atoms with Crippen LogP contribution in [0.25, 0.3) is 0 Å². The summed E-state index contributed by atoms with van der Waals surface area (Å²) in [4.78, 5) is 0. The van der Waals surface area contributed by atoms with E-state index in [2.05, 4.69) is 48.2 Å². The van der Waals surface area contributed by atoms with Crippen molar-refractivity contribution >= 4 is 0 Å². The first-order valence-corrected chi connectivity index (χ1v) is 11.6. The Labute approximate surface area is 178 Å². The number of nitrogens with one attached hydrogen (secondary N) is 3. The first kappa shape index (κ1) is 35.2. The summed E-state index contributed by atoms with van der Waals surface area (Å²) in [5.74, 6) is 0. The molecule has 0 radical (unpaired) electrons. The van der Waals surface area contributed by atoms with E-state index in [4.69, 9.17) is 5.73 Å². The van der Waals surface area contributed by atoms with Crippen LogP contribution < -0.4 is 33.2 Å². The molecular formula is C22H58N6. The molecule has 0 heterocycles. The Kier molecular flexibility index (Phi) is 47.2. The van der Waals surface area contributed by atoms with E-state index in [9.17, 15) is 0 Å². The fraction of sp³-hybridized carbons (Fsp3) is 1.00. The molecule has 0 unspecified atom stereocenters. The number of rotatable bonds is 4. The lowest BCUT2D eigenvalue weighted by atomic mass is 9.96. The Hall–Kier alpha value is -0.240. The van der Waals surface area contributed by atoms with Crippen molar-refractivity contribution in [1.29, 1.82) is 0 Å². The molecule has 2 saturated carbocycles. The lowest BCUT2D eigenvalue weighted by Crippen LogP contribution is -2.30. The van der Waals surface area contributed by atoms with Crippen LogP contribution in [0.2, 0.25) is 0 Å². The van der Waals surface area contributed by atoms with Crippen LogP contribution in [0.1, 0.15) is 85.0 Å². The first-order valence-electron chi connectivity index (χ1n) is 11.6. The zero-order valence-electron chi connectivity index (χ0n) is 20.6. The zero-order chi connectivity index (χ0) is 22.5. The van der Waals surface area contributed by atoms with E-state index in [1.807, 2.05) is 14.1 Å². The molecule has 0 atom stereocenters. The maximum absolute atomic E-state index is 5.63. The Balaban J connectivity index is -0.000000136. The van der Waals surface area contributed by atoms with Gasteiger partial charge in [-0.1, -0.05) is 59.3 Å². The van der Waals surface area contributed by atoms with Gasteiger partial charge in [-0.2, -0.15) is 0 Å². The molecular weight excluding hydrogens is 348 g/mol. The number of nitrogens with two attached hydrogens (primary N) is 3.